The molecule has 13 nitrogen and oxygen atoms in total. The molecule has 18 heteroatoms. The first kappa shape index (κ1) is 47.1. The average Bonchev–Trinajstić information content (AvgIpc) is 3.71. The summed E-state index contributed by atoms with van der Waals surface area (Å²) < 4.78 is 71.4. The van der Waals surface area contributed by atoms with Crippen molar-refractivity contribution in [1.82, 2.24) is 24.1 Å². The number of carbonyl (C=O) groups is 3. The van der Waals surface area contributed by atoms with E-state index in [1.807, 2.05) is 43.0 Å². The number of aryl methyl sites for hydroxylation is 2. The fourth-order valence-electron chi connectivity index (χ4n) is 7.17. The van der Waals surface area contributed by atoms with Crippen molar-refractivity contribution in [2.24, 2.45) is 0 Å². The van der Waals surface area contributed by atoms with Crippen LogP contribution in [0.2, 0.25) is 0 Å². The van der Waals surface area contributed by atoms with Gasteiger partial charge in [0.05, 0.1) is 10.9 Å². The first-order valence-electron chi connectivity index (χ1n) is 19.9. The molecule has 3 aromatic carbocycles. The van der Waals surface area contributed by atoms with Gasteiger partial charge in [-0.15, -0.1) is 0 Å². The Hall–Kier alpha value is -5.98. The number of hydrogen-bond acceptors (Lipinski definition) is 8. The summed E-state index contributed by atoms with van der Waals surface area (Å²) in [7, 11) is 0. The summed E-state index contributed by atoms with van der Waals surface area (Å²) >= 11 is 0. The van der Waals surface area contributed by atoms with Crippen LogP contribution in [0.25, 0.3) is 22.2 Å². The van der Waals surface area contributed by atoms with Crippen LogP contribution in [0, 0.1) is 11.6 Å². The zero-order valence-corrected chi connectivity index (χ0v) is 34.2. The van der Waals surface area contributed by atoms with Crippen molar-refractivity contribution < 1.29 is 56.8 Å². The third kappa shape index (κ3) is 11.5. The minimum absolute atomic E-state index is 0.0495. The zero-order chi connectivity index (χ0) is 45.5. The Bertz CT molecular complexity index is 2390. The van der Waals surface area contributed by atoms with Crippen LogP contribution in [0.5, 0.6) is 0 Å². The third-order valence-corrected chi connectivity index (χ3v) is 10.8. The molecule has 0 aliphatic carbocycles. The molecule has 3 heterocycles. The number of halogens is 5. The standard InChI is InChI=1S/C40H42F5N5O2.C4H6O6/c1-4-47-20-18-32(19-21-47)48(23-27-8-10-28(11-9-27)29-12-15-31(16-13-29)40(43,44)45)37(52)25-49-33(17-14-30-6-5-7-35(41)38(30)42)22-36(51)34-24-50(26(2)3)46-39(34)49;5-1(3(7)8)2(6)4(9)10/h5-13,15-16,22,24,26,32H,4,14,17-21,23,25H2,1-3H3;1-2,5-6H,(H,7,8)(H,9,10). The van der Waals surface area contributed by atoms with E-state index in [2.05, 4.69) is 11.8 Å². The Kier molecular flexibility index (Phi) is 15.4. The second-order valence-corrected chi connectivity index (χ2v) is 15.3. The Morgan fingerprint density at radius 3 is 1.98 bits per heavy atom. The number of rotatable bonds is 14. The number of carboxylic acids is 2. The van der Waals surface area contributed by atoms with Gasteiger partial charge >= 0.3 is 18.1 Å². The number of likely N-dealkylation sites (tertiary alicyclic amines) is 1. The molecule has 0 bridgehead atoms. The molecular formula is C44H48F5N5O8. The lowest BCUT2D eigenvalue weighted by Crippen LogP contribution is -2.48. The molecule has 1 fully saturated rings. The number of alkyl halides is 3. The van der Waals surface area contributed by atoms with Crippen molar-refractivity contribution in [1.29, 1.82) is 0 Å². The van der Waals surface area contributed by atoms with Crippen molar-refractivity contribution in [2.75, 3.05) is 19.6 Å². The quantitative estimate of drug-likeness (QED) is 0.0981. The SMILES string of the molecule is CCN1CCC(N(Cc2ccc(-c3ccc(C(F)(F)F)cc3)cc2)C(=O)Cn2c(CCc3cccc(F)c3F)cc(=O)c3cn(C(C)C)nc32)CC1.O=C(O)C(O)C(O)C(=O)O. The lowest BCUT2D eigenvalue weighted by Gasteiger charge is -2.38. The van der Waals surface area contributed by atoms with Gasteiger partial charge in [0, 0.05) is 49.7 Å². The Balaban J connectivity index is 0.000000646. The number of aliphatic hydroxyl groups is 2. The maximum Gasteiger partial charge on any atom is 0.416 e. The second kappa shape index (κ2) is 20.3. The Morgan fingerprint density at radius 1 is 0.871 bits per heavy atom. The summed E-state index contributed by atoms with van der Waals surface area (Å²) in [5.74, 6) is -5.60. The van der Waals surface area contributed by atoms with Crippen molar-refractivity contribution in [3.05, 3.63) is 123 Å². The lowest BCUT2D eigenvalue weighted by atomic mass is 10.00. The van der Waals surface area contributed by atoms with E-state index in [1.165, 1.54) is 30.3 Å². The van der Waals surface area contributed by atoms with E-state index in [9.17, 15) is 41.1 Å². The Labute approximate surface area is 353 Å². The number of hydrogen-bond donors (Lipinski definition) is 4. The van der Waals surface area contributed by atoms with Crippen molar-refractivity contribution in [2.45, 2.75) is 90.0 Å². The largest absolute Gasteiger partial charge is 0.479 e. The minimum atomic E-state index is -4.42. The smallest absolute Gasteiger partial charge is 0.416 e. The van der Waals surface area contributed by atoms with Crippen molar-refractivity contribution in [3.63, 3.8) is 0 Å². The van der Waals surface area contributed by atoms with E-state index in [-0.39, 0.29) is 48.4 Å². The summed E-state index contributed by atoms with van der Waals surface area (Å²) in [6, 6.07) is 17.8. The number of amides is 1. The molecule has 6 rings (SSSR count). The normalized spacial score (nSPS) is 14.6. The highest BCUT2D eigenvalue weighted by Gasteiger charge is 2.32. The monoisotopic (exact) mass is 869 g/mol. The zero-order valence-electron chi connectivity index (χ0n) is 34.2. The van der Waals surface area contributed by atoms with Crippen LogP contribution in [-0.2, 0) is 46.5 Å². The van der Waals surface area contributed by atoms with Crippen molar-refractivity contribution >= 4 is 28.9 Å². The molecule has 5 aromatic rings. The lowest BCUT2D eigenvalue weighted by molar-refractivity contribution is -0.165. The van der Waals surface area contributed by atoms with Gasteiger partial charge in [0.25, 0.3) is 0 Å². The van der Waals surface area contributed by atoms with Gasteiger partial charge in [0.2, 0.25) is 5.91 Å². The van der Waals surface area contributed by atoms with Crippen LogP contribution in [0.1, 0.15) is 62.0 Å². The third-order valence-electron chi connectivity index (χ3n) is 10.8. The molecule has 1 amide bonds. The van der Waals surface area contributed by atoms with Gasteiger partial charge in [0.1, 0.15) is 6.54 Å². The summed E-state index contributed by atoms with van der Waals surface area (Å²) in [5.41, 5.74) is 2.29. The first-order chi connectivity index (χ1) is 29.3. The molecule has 4 N–H and O–H groups in total. The number of nitrogens with zero attached hydrogens (tertiary/aromatic N) is 5. The number of fused-ring (bicyclic) bond motifs is 1. The Morgan fingerprint density at radius 2 is 1.45 bits per heavy atom. The van der Waals surface area contributed by atoms with Gasteiger partial charge in [-0.1, -0.05) is 55.5 Å². The number of carbonyl (C=O) groups excluding carboxylic acids is 1. The van der Waals surface area contributed by atoms with Gasteiger partial charge in [-0.2, -0.15) is 18.3 Å². The van der Waals surface area contributed by atoms with E-state index in [0.717, 1.165) is 61.8 Å². The molecule has 1 saturated heterocycles. The summed E-state index contributed by atoms with van der Waals surface area (Å²) in [4.78, 5) is 51.6. The molecule has 1 aliphatic heterocycles. The van der Waals surface area contributed by atoms with Gasteiger partial charge in [-0.3, -0.25) is 14.3 Å². The average molecular weight is 870 g/mol. The van der Waals surface area contributed by atoms with Gasteiger partial charge in [-0.25, -0.2) is 18.4 Å². The summed E-state index contributed by atoms with van der Waals surface area (Å²) in [6.45, 7) is 8.75. The molecule has 0 radical (unpaired) electrons. The number of piperidine rings is 1. The minimum Gasteiger partial charge on any atom is -0.479 e. The summed E-state index contributed by atoms with van der Waals surface area (Å²) in [6.07, 6.45) is -5.44. The molecule has 332 valence electrons. The maximum absolute atomic E-state index is 14.6. The molecule has 0 saturated carbocycles. The van der Waals surface area contributed by atoms with E-state index in [0.29, 0.717) is 28.8 Å². The van der Waals surface area contributed by atoms with Crippen LogP contribution in [-0.4, -0.2) is 100 Å². The van der Waals surface area contributed by atoms with Gasteiger partial charge in [-0.05, 0) is 86.5 Å². The van der Waals surface area contributed by atoms with Crippen LogP contribution in [0.3, 0.4) is 0 Å². The molecular weight excluding hydrogens is 822 g/mol. The predicted octanol–water partition coefficient (Wildman–Crippen LogP) is 5.92. The number of pyridine rings is 1. The van der Waals surface area contributed by atoms with E-state index >= 15 is 0 Å². The van der Waals surface area contributed by atoms with Gasteiger partial charge < -0.3 is 34.8 Å². The number of aromatic nitrogens is 3. The highest BCUT2D eigenvalue weighted by atomic mass is 19.4. The molecule has 62 heavy (non-hydrogen) atoms. The van der Waals surface area contributed by atoms with E-state index in [4.69, 9.17) is 25.5 Å². The summed E-state index contributed by atoms with van der Waals surface area (Å²) in [5, 5.41) is 37.6. The van der Waals surface area contributed by atoms with Crippen LogP contribution < -0.4 is 5.43 Å². The highest BCUT2D eigenvalue weighted by Crippen LogP contribution is 2.31. The van der Waals surface area contributed by atoms with Crippen LogP contribution in [0.15, 0.2) is 83.8 Å². The fourth-order valence-corrected chi connectivity index (χ4v) is 7.17. The topological polar surface area (TPSA) is 178 Å². The molecule has 0 spiro atoms. The van der Waals surface area contributed by atoms with Crippen LogP contribution >= 0.6 is 0 Å². The first-order valence-corrected chi connectivity index (χ1v) is 19.9. The number of aliphatic hydroxyl groups excluding tert-OH is 2. The van der Waals surface area contributed by atoms with E-state index in [1.54, 1.807) is 15.4 Å². The van der Waals surface area contributed by atoms with E-state index < -0.39 is 47.5 Å². The molecule has 2 aromatic heterocycles. The fraction of sp³-hybridized carbons (Fsp3) is 0.386. The predicted molar refractivity (Wildman–Crippen MR) is 218 cm³/mol. The van der Waals surface area contributed by atoms with Crippen LogP contribution in [0.4, 0.5) is 22.0 Å². The number of benzene rings is 3. The number of aliphatic carboxylic acids is 2. The second-order valence-electron chi connectivity index (χ2n) is 15.3. The molecule has 2 unspecified atom stereocenters. The molecule has 2 atom stereocenters. The molecule has 1 aliphatic rings. The van der Waals surface area contributed by atoms with Gasteiger partial charge in [0.15, 0.2) is 34.9 Å². The highest BCUT2D eigenvalue weighted by molar-refractivity contribution is 5.83. The number of carboxylic acid groups (broad SMARTS) is 2. The maximum atomic E-state index is 14.6. The van der Waals surface area contributed by atoms with Crippen molar-refractivity contribution in [3.8, 4) is 11.1 Å².